The van der Waals surface area contributed by atoms with Gasteiger partial charge in [0.2, 0.25) is 10.0 Å². The first-order chi connectivity index (χ1) is 12.4. The monoisotopic (exact) mass is 385 g/mol. The van der Waals surface area contributed by atoms with Gasteiger partial charge in [0.15, 0.2) is 0 Å². The van der Waals surface area contributed by atoms with Gasteiger partial charge in [-0.15, -0.1) is 11.3 Å². The number of hydrogen-bond donors (Lipinski definition) is 0. The van der Waals surface area contributed by atoms with Crippen molar-refractivity contribution in [2.75, 3.05) is 17.6 Å². The molecule has 0 unspecified atom stereocenters. The Kier molecular flexibility index (Phi) is 4.93. The molecule has 0 aliphatic rings. The molecule has 132 valence electrons. The molecule has 0 N–H and O–H groups in total. The summed E-state index contributed by atoms with van der Waals surface area (Å²) in [6.07, 6.45) is 4.35. The maximum absolute atomic E-state index is 11.6. The van der Waals surface area contributed by atoms with Gasteiger partial charge in [-0.3, -0.25) is 4.31 Å². The van der Waals surface area contributed by atoms with E-state index in [1.807, 2.05) is 5.38 Å². The number of rotatable bonds is 5. The van der Waals surface area contributed by atoms with Crippen molar-refractivity contribution < 1.29 is 12.8 Å². The van der Waals surface area contributed by atoms with Gasteiger partial charge < -0.3 is 4.42 Å². The normalized spacial score (nSPS) is 12.0. The Bertz CT molecular complexity index is 1070. The van der Waals surface area contributed by atoms with Crippen LogP contribution < -0.4 is 4.31 Å². The van der Waals surface area contributed by atoms with E-state index in [9.17, 15) is 13.7 Å². The zero-order chi connectivity index (χ0) is 18.7. The molecule has 26 heavy (non-hydrogen) atoms. The number of allylic oxidation sites excluding steroid dienone is 1. The molecule has 1 aromatic carbocycles. The van der Waals surface area contributed by atoms with Crippen LogP contribution in [0.1, 0.15) is 10.8 Å². The van der Waals surface area contributed by atoms with Crippen molar-refractivity contribution >= 4 is 38.7 Å². The van der Waals surface area contributed by atoms with Gasteiger partial charge in [0.25, 0.3) is 0 Å². The lowest BCUT2D eigenvalue weighted by atomic mass is 10.1. The van der Waals surface area contributed by atoms with Crippen molar-refractivity contribution in [3.63, 3.8) is 0 Å². The summed E-state index contributed by atoms with van der Waals surface area (Å²) in [4.78, 5) is 4.51. The minimum Gasteiger partial charge on any atom is -0.465 e. The van der Waals surface area contributed by atoms with E-state index in [2.05, 4.69) is 11.1 Å². The smallest absolute Gasteiger partial charge is 0.231 e. The molecule has 8 heteroatoms. The van der Waals surface area contributed by atoms with Crippen molar-refractivity contribution in [1.82, 2.24) is 4.98 Å². The summed E-state index contributed by atoms with van der Waals surface area (Å²) in [5.41, 5.74) is 2.55. The van der Waals surface area contributed by atoms with Gasteiger partial charge in [0.05, 0.1) is 29.5 Å². The summed E-state index contributed by atoms with van der Waals surface area (Å²) in [5.74, 6) is 0.589. The Balaban J connectivity index is 1.87. The molecule has 0 radical (unpaired) electrons. The van der Waals surface area contributed by atoms with Gasteiger partial charge >= 0.3 is 0 Å². The van der Waals surface area contributed by atoms with E-state index >= 15 is 0 Å². The minimum absolute atomic E-state index is 0.421. The molecular weight excluding hydrogens is 370 g/mol. The quantitative estimate of drug-likeness (QED) is 0.622. The van der Waals surface area contributed by atoms with Crippen LogP contribution >= 0.6 is 11.3 Å². The number of sulfonamides is 1. The molecule has 0 bridgehead atoms. The van der Waals surface area contributed by atoms with Crippen LogP contribution in [0.5, 0.6) is 0 Å². The summed E-state index contributed by atoms with van der Waals surface area (Å²) in [7, 11) is -1.80. The number of benzene rings is 1. The molecule has 0 aliphatic heterocycles. The second-order valence-electron chi connectivity index (χ2n) is 5.50. The lowest BCUT2D eigenvalue weighted by Crippen LogP contribution is -2.24. The van der Waals surface area contributed by atoms with Crippen LogP contribution in [0.25, 0.3) is 22.9 Å². The van der Waals surface area contributed by atoms with E-state index in [4.69, 9.17) is 4.42 Å². The Morgan fingerprint density at radius 2 is 2.04 bits per heavy atom. The first-order valence-electron chi connectivity index (χ1n) is 7.54. The third-order valence-corrected chi connectivity index (χ3v) is 5.79. The summed E-state index contributed by atoms with van der Waals surface area (Å²) in [6, 6.07) is 12.7. The van der Waals surface area contributed by atoms with Crippen LogP contribution in [0.4, 0.5) is 5.69 Å². The number of nitrogens with zero attached hydrogens (tertiary/aromatic N) is 3. The molecular formula is C18H15N3O3S2. The van der Waals surface area contributed by atoms with Gasteiger partial charge in [-0.25, -0.2) is 13.4 Å². The number of hydrogen-bond acceptors (Lipinski definition) is 6. The molecule has 0 atom stereocenters. The summed E-state index contributed by atoms with van der Waals surface area (Å²) >= 11 is 1.36. The molecule has 6 nitrogen and oxygen atoms in total. The lowest BCUT2D eigenvalue weighted by molar-refractivity contribution is 0.557. The van der Waals surface area contributed by atoms with E-state index in [-0.39, 0.29) is 0 Å². The van der Waals surface area contributed by atoms with Crippen LogP contribution in [0, 0.1) is 11.3 Å². The van der Waals surface area contributed by atoms with Crippen molar-refractivity contribution in [2.45, 2.75) is 0 Å². The van der Waals surface area contributed by atoms with Gasteiger partial charge in [0, 0.05) is 24.1 Å². The number of aromatic nitrogens is 1. The van der Waals surface area contributed by atoms with Crippen LogP contribution in [-0.2, 0) is 10.0 Å². The van der Waals surface area contributed by atoms with E-state index in [0.717, 1.165) is 17.5 Å². The van der Waals surface area contributed by atoms with Crippen molar-refractivity contribution in [1.29, 1.82) is 5.26 Å². The number of nitriles is 1. The molecule has 2 heterocycles. The van der Waals surface area contributed by atoms with Gasteiger partial charge in [0.1, 0.15) is 16.8 Å². The third kappa shape index (κ3) is 3.85. The van der Waals surface area contributed by atoms with Gasteiger partial charge in [-0.05, 0) is 24.3 Å². The Morgan fingerprint density at radius 1 is 1.31 bits per heavy atom. The van der Waals surface area contributed by atoms with Crippen molar-refractivity contribution in [2.24, 2.45) is 0 Å². The fourth-order valence-corrected chi connectivity index (χ4v) is 3.52. The topological polar surface area (TPSA) is 87.2 Å². The number of thiazole rings is 1. The zero-order valence-electron chi connectivity index (χ0n) is 14.1. The predicted molar refractivity (Wildman–Crippen MR) is 103 cm³/mol. The standard InChI is InChI=1S/C18H15N3O3S2/c1-21(26(2,22)23)15-7-5-13(6-8-15)17-12-25-18(20-17)14(11-19)10-16-4-3-9-24-16/h3-10,12H,1-2H3/b14-10+. The Hall–Kier alpha value is -2.89. The number of furan rings is 1. The molecule has 0 spiro atoms. The molecule has 3 rings (SSSR count). The van der Waals surface area contributed by atoms with Crippen LogP contribution in [0.2, 0.25) is 0 Å². The van der Waals surface area contributed by atoms with E-state index in [1.165, 1.54) is 22.7 Å². The average Bonchev–Trinajstić information content (AvgIpc) is 3.30. The Labute approximate surface area is 155 Å². The molecule has 0 saturated carbocycles. The Morgan fingerprint density at radius 3 is 2.62 bits per heavy atom. The minimum atomic E-state index is -3.30. The second-order valence-corrected chi connectivity index (χ2v) is 8.37. The van der Waals surface area contributed by atoms with E-state index < -0.39 is 10.0 Å². The third-order valence-electron chi connectivity index (χ3n) is 3.71. The molecule has 0 fully saturated rings. The summed E-state index contributed by atoms with van der Waals surface area (Å²) in [6.45, 7) is 0. The largest absolute Gasteiger partial charge is 0.465 e. The van der Waals surface area contributed by atoms with Crippen molar-refractivity contribution in [3.05, 3.63) is 58.8 Å². The van der Waals surface area contributed by atoms with Crippen LogP contribution in [0.15, 0.2) is 52.5 Å². The lowest BCUT2D eigenvalue weighted by Gasteiger charge is -2.16. The first kappa shape index (κ1) is 17.9. The summed E-state index contributed by atoms with van der Waals surface area (Å²) < 4.78 is 29.6. The van der Waals surface area contributed by atoms with Gasteiger partial charge in [-0.2, -0.15) is 5.26 Å². The maximum Gasteiger partial charge on any atom is 0.231 e. The highest BCUT2D eigenvalue weighted by Gasteiger charge is 2.13. The highest BCUT2D eigenvalue weighted by molar-refractivity contribution is 7.92. The molecule has 2 aromatic heterocycles. The maximum atomic E-state index is 11.6. The van der Waals surface area contributed by atoms with E-state index in [1.54, 1.807) is 48.7 Å². The number of anilines is 1. The first-order valence-corrected chi connectivity index (χ1v) is 10.3. The highest BCUT2D eigenvalue weighted by Crippen LogP contribution is 2.28. The zero-order valence-corrected chi connectivity index (χ0v) is 15.7. The van der Waals surface area contributed by atoms with Gasteiger partial charge in [-0.1, -0.05) is 12.1 Å². The fourth-order valence-electron chi connectivity index (χ4n) is 2.22. The SMILES string of the molecule is CN(c1ccc(-c2csc(/C(C#N)=C/c3ccco3)n2)cc1)S(C)(=O)=O. The summed E-state index contributed by atoms with van der Waals surface area (Å²) in [5, 5.41) is 11.8. The average molecular weight is 385 g/mol. The van der Waals surface area contributed by atoms with Crippen molar-refractivity contribution in [3.8, 4) is 17.3 Å². The molecule has 3 aromatic rings. The molecule has 0 amide bonds. The second kappa shape index (κ2) is 7.15. The van der Waals surface area contributed by atoms with Crippen LogP contribution in [-0.4, -0.2) is 26.7 Å². The highest BCUT2D eigenvalue weighted by atomic mass is 32.2. The predicted octanol–water partition coefficient (Wildman–Crippen LogP) is 3.86. The molecule has 0 saturated heterocycles. The molecule has 0 aliphatic carbocycles. The van der Waals surface area contributed by atoms with Crippen LogP contribution in [0.3, 0.4) is 0 Å². The fraction of sp³-hybridized carbons (Fsp3) is 0.111. The van der Waals surface area contributed by atoms with E-state index in [0.29, 0.717) is 22.0 Å².